The zero-order valence-electron chi connectivity index (χ0n) is 14.0. The van der Waals surface area contributed by atoms with Gasteiger partial charge in [-0.05, 0) is 17.7 Å². The van der Waals surface area contributed by atoms with Crippen molar-refractivity contribution in [3.8, 4) is 5.75 Å². The number of amides is 1. The molecule has 2 aromatic rings. The predicted molar refractivity (Wildman–Crippen MR) is 93.1 cm³/mol. The van der Waals surface area contributed by atoms with Gasteiger partial charge < -0.3 is 15.0 Å². The normalized spacial score (nSPS) is 16.5. The molecular weight excluding hydrogens is 304 g/mol. The number of para-hydroxylation sites is 1. The monoisotopic (exact) mass is 326 g/mol. The fraction of sp³-hybridized carbons (Fsp3) is 0.333. The summed E-state index contributed by atoms with van der Waals surface area (Å²) in [6.07, 6.45) is 1.78. The van der Waals surface area contributed by atoms with E-state index in [1.807, 2.05) is 55.4 Å². The number of ether oxygens (including phenoxy) is 1. The molecule has 0 bridgehead atoms. The van der Waals surface area contributed by atoms with Gasteiger partial charge >= 0.3 is 0 Å². The van der Waals surface area contributed by atoms with Crippen LogP contribution in [0.15, 0.2) is 42.6 Å². The van der Waals surface area contributed by atoms with Crippen LogP contribution in [0.5, 0.6) is 5.75 Å². The van der Waals surface area contributed by atoms with E-state index in [9.17, 15) is 4.79 Å². The second-order valence-corrected chi connectivity index (χ2v) is 5.91. The average Bonchev–Trinajstić information content (AvgIpc) is 2.82. The van der Waals surface area contributed by atoms with Gasteiger partial charge in [0.05, 0.1) is 0 Å². The lowest BCUT2D eigenvalue weighted by Crippen LogP contribution is -2.37. The largest absolute Gasteiger partial charge is 0.492 e. The Bertz CT molecular complexity index is 700. The molecule has 1 unspecified atom stereocenters. The first kappa shape index (κ1) is 16.3. The van der Waals surface area contributed by atoms with Gasteiger partial charge in [0.1, 0.15) is 24.2 Å². The van der Waals surface area contributed by atoms with Gasteiger partial charge in [0.15, 0.2) is 0 Å². The highest BCUT2D eigenvalue weighted by Gasteiger charge is 2.25. The molecule has 1 aromatic carbocycles. The fourth-order valence-corrected chi connectivity index (χ4v) is 2.64. The molecule has 1 amide bonds. The molecule has 0 saturated heterocycles. The zero-order valence-corrected chi connectivity index (χ0v) is 14.0. The number of hydrogen-bond acceptors (Lipinski definition) is 5. The summed E-state index contributed by atoms with van der Waals surface area (Å²) in [4.78, 5) is 18.9. The second-order valence-electron chi connectivity index (χ2n) is 5.91. The minimum absolute atomic E-state index is 0.0652. The van der Waals surface area contributed by atoms with Crippen LogP contribution in [-0.4, -0.2) is 38.1 Å². The molecule has 0 saturated carbocycles. The van der Waals surface area contributed by atoms with Crippen LogP contribution in [0.2, 0.25) is 0 Å². The van der Waals surface area contributed by atoms with Gasteiger partial charge in [-0.25, -0.2) is 4.98 Å². The van der Waals surface area contributed by atoms with Crippen molar-refractivity contribution in [3.63, 3.8) is 0 Å². The number of hydrogen-bond donors (Lipinski definition) is 2. The summed E-state index contributed by atoms with van der Waals surface area (Å²) in [5.74, 6) is 1.59. The number of carbonyl (C=O) groups excluding carboxylic acids is 1. The Labute approximate surface area is 141 Å². The predicted octanol–water partition coefficient (Wildman–Crippen LogP) is 1.49. The van der Waals surface area contributed by atoms with Crippen LogP contribution in [-0.2, 0) is 11.3 Å². The van der Waals surface area contributed by atoms with Gasteiger partial charge in [-0.1, -0.05) is 24.3 Å². The third kappa shape index (κ3) is 3.65. The van der Waals surface area contributed by atoms with Crippen molar-refractivity contribution in [2.75, 3.05) is 32.1 Å². The molecule has 126 valence electrons. The Morgan fingerprint density at radius 2 is 2.17 bits per heavy atom. The Kier molecular flexibility index (Phi) is 4.96. The average molecular weight is 326 g/mol. The van der Waals surface area contributed by atoms with E-state index in [-0.39, 0.29) is 5.91 Å². The topological polar surface area (TPSA) is 66.5 Å². The van der Waals surface area contributed by atoms with Gasteiger partial charge in [0.25, 0.3) is 0 Å². The first-order chi connectivity index (χ1) is 11.6. The first-order valence-corrected chi connectivity index (χ1v) is 8.00. The fourth-order valence-electron chi connectivity index (χ4n) is 2.64. The van der Waals surface area contributed by atoms with E-state index in [2.05, 4.69) is 15.6 Å². The second kappa shape index (κ2) is 7.31. The standard InChI is InChI=1S/C18H22N4O2/c1-22(2)16-8-7-13(11-20-16)12-21-18(23)17-14-5-3-4-6-15(14)24-10-9-19-17/h3-8,11,17,19H,9-10,12H2,1-2H3,(H,21,23). The number of rotatable bonds is 4. The first-order valence-electron chi connectivity index (χ1n) is 8.00. The molecule has 0 spiro atoms. The van der Waals surface area contributed by atoms with E-state index in [4.69, 9.17) is 4.74 Å². The molecular formula is C18H22N4O2. The smallest absolute Gasteiger partial charge is 0.242 e. The zero-order chi connectivity index (χ0) is 16.9. The van der Waals surface area contributed by atoms with Crippen molar-refractivity contribution in [2.24, 2.45) is 0 Å². The van der Waals surface area contributed by atoms with E-state index in [1.165, 1.54) is 0 Å². The molecule has 0 fully saturated rings. The maximum absolute atomic E-state index is 12.6. The number of anilines is 1. The van der Waals surface area contributed by atoms with Crippen LogP contribution >= 0.6 is 0 Å². The summed E-state index contributed by atoms with van der Waals surface area (Å²) in [5, 5.41) is 6.21. The van der Waals surface area contributed by atoms with Gasteiger partial charge in [0.2, 0.25) is 5.91 Å². The summed E-state index contributed by atoms with van der Waals surface area (Å²) in [6.45, 7) is 1.63. The minimum Gasteiger partial charge on any atom is -0.492 e. The molecule has 2 N–H and O–H groups in total. The van der Waals surface area contributed by atoms with Gasteiger partial charge in [-0.15, -0.1) is 0 Å². The number of nitrogens with one attached hydrogen (secondary N) is 2. The summed E-state index contributed by atoms with van der Waals surface area (Å²) in [5.41, 5.74) is 1.83. The number of fused-ring (bicyclic) bond motifs is 1. The summed E-state index contributed by atoms with van der Waals surface area (Å²) >= 11 is 0. The summed E-state index contributed by atoms with van der Waals surface area (Å²) in [7, 11) is 3.89. The molecule has 0 radical (unpaired) electrons. The van der Waals surface area contributed by atoms with Crippen molar-refractivity contribution in [2.45, 2.75) is 12.6 Å². The highest BCUT2D eigenvalue weighted by atomic mass is 16.5. The summed E-state index contributed by atoms with van der Waals surface area (Å²) < 4.78 is 5.67. The highest BCUT2D eigenvalue weighted by molar-refractivity contribution is 5.84. The number of pyridine rings is 1. The number of nitrogens with zero attached hydrogens (tertiary/aromatic N) is 2. The van der Waals surface area contributed by atoms with E-state index in [0.717, 1.165) is 22.7 Å². The number of carbonyl (C=O) groups is 1. The van der Waals surface area contributed by atoms with Crippen molar-refractivity contribution >= 4 is 11.7 Å². The summed E-state index contributed by atoms with van der Waals surface area (Å²) in [6, 6.07) is 11.2. The number of benzene rings is 1. The van der Waals surface area contributed by atoms with E-state index in [1.54, 1.807) is 6.20 Å². The van der Waals surface area contributed by atoms with Crippen molar-refractivity contribution < 1.29 is 9.53 Å². The van der Waals surface area contributed by atoms with Crippen LogP contribution in [0.1, 0.15) is 17.2 Å². The van der Waals surface area contributed by atoms with Gasteiger partial charge in [-0.3, -0.25) is 10.1 Å². The third-order valence-electron chi connectivity index (χ3n) is 3.93. The van der Waals surface area contributed by atoms with Crippen LogP contribution in [0.3, 0.4) is 0 Å². The lowest BCUT2D eigenvalue weighted by Gasteiger charge is -2.17. The van der Waals surface area contributed by atoms with E-state index < -0.39 is 6.04 Å². The molecule has 1 aliphatic heterocycles. The van der Waals surface area contributed by atoms with Crippen molar-refractivity contribution in [1.82, 2.24) is 15.6 Å². The highest BCUT2D eigenvalue weighted by Crippen LogP contribution is 2.27. The van der Waals surface area contributed by atoms with Crippen LogP contribution in [0.25, 0.3) is 0 Å². The SMILES string of the molecule is CN(C)c1ccc(CNC(=O)C2NCCOc3ccccc32)cn1. The Morgan fingerprint density at radius 3 is 2.92 bits per heavy atom. The molecule has 2 heterocycles. The number of aromatic nitrogens is 1. The quantitative estimate of drug-likeness (QED) is 0.891. The van der Waals surface area contributed by atoms with Crippen molar-refractivity contribution in [3.05, 3.63) is 53.7 Å². The van der Waals surface area contributed by atoms with E-state index in [0.29, 0.717) is 19.7 Å². The lowest BCUT2D eigenvalue weighted by molar-refractivity contribution is -0.123. The minimum atomic E-state index is -0.405. The lowest BCUT2D eigenvalue weighted by atomic mass is 10.1. The Hall–Kier alpha value is -2.60. The molecule has 6 nitrogen and oxygen atoms in total. The molecule has 24 heavy (non-hydrogen) atoms. The van der Waals surface area contributed by atoms with Crippen LogP contribution < -0.4 is 20.3 Å². The van der Waals surface area contributed by atoms with E-state index >= 15 is 0 Å². The van der Waals surface area contributed by atoms with Gasteiger partial charge in [-0.2, -0.15) is 0 Å². The maximum Gasteiger partial charge on any atom is 0.242 e. The molecule has 0 aliphatic carbocycles. The molecule has 6 heteroatoms. The molecule has 1 atom stereocenters. The molecule has 1 aromatic heterocycles. The third-order valence-corrected chi connectivity index (χ3v) is 3.93. The maximum atomic E-state index is 12.6. The van der Waals surface area contributed by atoms with Crippen molar-refractivity contribution in [1.29, 1.82) is 0 Å². The van der Waals surface area contributed by atoms with Crippen LogP contribution in [0, 0.1) is 0 Å². The Balaban J connectivity index is 1.66. The van der Waals surface area contributed by atoms with Crippen LogP contribution in [0.4, 0.5) is 5.82 Å². The molecule has 3 rings (SSSR count). The van der Waals surface area contributed by atoms with Gasteiger partial charge in [0, 0.05) is 38.9 Å². The molecule has 1 aliphatic rings. The Morgan fingerprint density at radius 1 is 1.33 bits per heavy atom.